The van der Waals surface area contributed by atoms with Crippen molar-refractivity contribution in [1.82, 2.24) is 9.97 Å². The third-order valence-electron chi connectivity index (χ3n) is 3.79. The van der Waals surface area contributed by atoms with Gasteiger partial charge in [0.25, 0.3) is 0 Å². The Labute approximate surface area is 139 Å². The highest BCUT2D eigenvalue weighted by Crippen LogP contribution is 2.22. The van der Waals surface area contributed by atoms with Gasteiger partial charge in [0.2, 0.25) is 5.91 Å². The van der Waals surface area contributed by atoms with E-state index >= 15 is 0 Å². The number of rotatable bonds is 9. The van der Waals surface area contributed by atoms with E-state index in [4.69, 9.17) is 10.5 Å². The number of hydrogen-bond acceptors (Lipinski definition) is 5. The second-order valence-electron chi connectivity index (χ2n) is 5.59. The third kappa shape index (κ3) is 5.20. The summed E-state index contributed by atoms with van der Waals surface area (Å²) in [6.45, 7) is -0.158. The zero-order valence-corrected chi connectivity index (χ0v) is 13.2. The molecule has 2 atom stereocenters. The van der Waals surface area contributed by atoms with E-state index in [9.17, 15) is 14.7 Å². The van der Waals surface area contributed by atoms with Gasteiger partial charge in [-0.1, -0.05) is 30.3 Å². The van der Waals surface area contributed by atoms with E-state index in [0.717, 1.165) is 11.3 Å². The summed E-state index contributed by atoms with van der Waals surface area (Å²) in [7, 11) is 0. The summed E-state index contributed by atoms with van der Waals surface area (Å²) in [5.41, 5.74) is 6.86. The van der Waals surface area contributed by atoms with Gasteiger partial charge in [-0.05, 0) is 12.0 Å². The molecule has 0 aliphatic carbocycles. The molecule has 1 heterocycles. The van der Waals surface area contributed by atoms with E-state index in [-0.39, 0.29) is 19.6 Å². The van der Waals surface area contributed by atoms with Crippen LogP contribution in [0.5, 0.6) is 0 Å². The van der Waals surface area contributed by atoms with Crippen LogP contribution < -0.4 is 5.73 Å². The van der Waals surface area contributed by atoms with Crippen molar-refractivity contribution in [3.05, 3.63) is 54.1 Å². The number of nitrogens with two attached hydrogens (primary N) is 1. The van der Waals surface area contributed by atoms with Gasteiger partial charge < -0.3 is 20.6 Å². The molecule has 0 radical (unpaired) electrons. The van der Waals surface area contributed by atoms with Gasteiger partial charge in [0.05, 0.1) is 12.2 Å². The molecule has 7 nitrogen and oxygen atoms in total. The lowest BCUT2D eigenvalue weighted by molar-refractivity contribution is -0.154. The molecule has 24 heavy (non-hydrogen) atoms. The lowest BCUT2D eigenvalue weighted by Gasteiger charge is -2.22. The van der Waals surface area contributed by atoms with Gasteiger partial charge in [-0.2, -0.15) is 0 Å². The number of ether oxygens (including phenoxy) is 1. The van der Waals surface area contributed by atoms with E-state index in [1.54, 1.807) is 6.20 Å². The maximum absolute atomic E-state index is 12.4. The molecule has 0 saturated carbocycles. The first kappa shape index (κ1) is 17.7. The Bertz CT molecular complexity index is 643. The minimum Gasteiger partial charge on any atom is -0.461 e. The zero-order chi connectivity index (χ0) is 17.4. The summed E-state index contributed by atoms with van der Waals surface area (Å²) in [5, 5.41) is 9.65. The molecule has 4 N–H and O–H groups in total. The number of nitrogens with zero attached hydrogens (tertiary/aromatic N) is 1. The van der Waals surface area contributed by atoms with Crippen LogP contribution in [-0.4, -0.2) is 33.6 Å². The predicted octanol–water partition coefficient (Wildman–Crippen LogP) is 0.796. The Hall–Kier alpha value is -2.67. The third-order valence-corrected chi connectivity index (χ3v) is 3.79. The van der Waals surface area contributed by atoms with E-state index in [0.29, 0.717) is 6.42 Å². The fraction of sp³-hybridized carbons (Fsp3) is 0.353. The number of hydrogen-bond donors (Lipinski definition) is 3. The van der Waals surface area contributed by atoms with Crippen molar-refractivity contribution < 1.29 is 19.4 Å². The highest BCUT2D eigenvalue weighted by molar-refractivity contribution is 5.82. The number of carbonyl (C=O) groups is 2. The molecule has 2 rings (SSSR count). The monoisotopic (exact) mass is 331 g/mol. The number of amides is 1. The predicted molar refractivity (Wildman–Crippen MR) is 86.4 cm³/mol. The van der Waals surface area contributed by atoms with Crippen LogP contribution in [0.1, 0.15) is 17.7 Å². The van der Waals surface area contributed by atoms with Crippen molar-refractivity contribution in [2.75, 3.05) is 6.61 Å². The minimum absolute atomic E-state index is 0.108. The van der Waals surface area contributed by atoms with Crippen LogP contribution in [0.15, 0.2) is 42.9 Å². The van der Waals surface area contributed by atoms with Crippen molar-refractivity contribution in [3.8, 4) is 0 Å². The molecule has 1 amide bonds. The molecule has 0 saturated heterocycles. The number of aliphatic hydroxyl groups excluding tert-OH is 1. The molecule has 0 bridgehead atoms. The largest absolute Gasteiger partial charge is 0.461 e. The molecule has 0 spiro atoms. The van der Waals surface area contributed by atoms with Gasteiger partial charge >= 0.3 is 5.97 Å². The first-order chi connectivity index (χ1) is 11.6. The Morgan fingerprint density at radius 2 is 2.04 bits per heavy atom. The molecular formula is C17H21N3O4. The lowest BCUT2D eigenvalue weighted by Crippen LogP contribution is -2.33. The average Bonchev–Trinajstić information content (AvgIpc) is 3.09. The van der Waals surface area contributed by atoms with Gasteiger partial charge in [0.1, 0.15) is 6.61 Å². The molecule has 0 aliphatic rings. The van der Waals surface area contributed by atoms with E-state index in [1.807, 2.05) is 30.3 Å². The summed E-state index contributed by atoms with van der Waals surface area (Å²) >= 11 is 0. The second kappa shape index (κ2) is 8.83. The molecule has 128 valence electrons. The number of H-pyrrole nitrogens is 1. The van der Waals surface area contributed by atoms with Gasteiger partial charge in [-0.3, -0.25) is 9.59 Å². The van der Waals surface area contributed by atoms with Crippen LogP contribution in [0.25, 0.3) is 0 Å². The quantitative estimate of drug-likeness (QED) is 0.587. The highest BCUT2D eigenvalue weighted by Gasteiger charge is 2.31. The van der Waals surface area contributed by atoms with Crippen LogP contribution in [0.3, 0.4) is 0 Å². The smallest absolute Gasteiger partial charge is 0.310 e. The fourth-order valence-electron chi connectivity index (χ4n) is 2.51. The number of esters is 1. The summed E-state index contributed by atoms with van der Waals surface area (Å²) in [6.07, 6.45) is 3.32. The van der Waals surface area contributed by atoms with Crippen molar-refractivity contribution >= 4 is 11.9 Å². The van der Waals surface area contributed by atoms with Crippen LogP contribution in [-0.2, 0) is 27.4 Å². The van der Waals surface area contributed by atoms with Crippen LogP contribution >= 0.6 is 0 Å². The Balaban J connectivity index is 2.04. The number of aromatic amines is 1. The van der Waals surface area contributed by atoms with Crippen molar-refractivity contribution in [2.45, 2.75) is 19.4 Å². The Morgan fingerprint density at radius 1 is 1.29 bits per heavy atom. The summed E-state index contributed by atoms with van der Waals surface area (Å²) in [6, 6.07) is 9.24. The molecule has 0 aliphatic heterocycles. The number of imidazole rings is 1. The maximum atomic E-state index is 12.4. The highest BCUT2D eigenvalue weighted by atomic mass is 16.5. The molecule has 2 aromatic rings. The molecule has 0 fully saturated rings. The van der Waals surface area contributed by atoms with Gasteiger partial charge in [0.15, 0.2) is 0 Å². The number of carbonyl (C=O) groups excluding carboxylic acids is 2. The topological polar surface area (TPSA) is 118 Å². The van der Waals surface area contributed by atoms with Gasteiger partial charge in [-0.15, -0.1) is 0 Å². The number of primary amides is 1. The number of aliphatic hydroxyl groups is 1. The van der Waals surface area contributed by atoms with Crippen molar-refractivity contribution in [3.63, 3.8) is 0 Å². The molecule has 1 unspecified atom stereocenters. The molecule has 1 aromatic heterocycles. The Morgan fingerprint density at radius 3 is 2.62 bits per heavy atom. The SMILES string of the molecule is NC(=O)CC(C(=O)OCc1ccccc1)[C@@H](CO)Cc1cnc[nH]1. The zero-order valence-electron chi connectivity index (χ0n) is 13.2. The summed E-state index contributed by atoms with van der Waals surface area (Å²) < 4.78 is 5.31. The van der Waals surface area contributed by atoms with E-state index in [2.05, 4.69) is 9.97 Å². The van der Waals surface area contributed by atoms with E-state index in [1.165, 1.54) is 6.33 Å². The number of aromatic nitrogens is 2. The van der Waals surface area contributed by atoms with Crippen molar-refractivity contribution in [1.29, 1.82) is 0 Å². The van der Waals surface area contributed by atoms with Gasteiger partial charge in [0, 0.05) is 30.8 Å². The summed E-state index contributed by atoms with van der Waals surface area (Å²) in [5.74, 6) is -2.45. The number of benzene rings is 1. The van der Waals surface area contributed by atoms with Crippen molar-refractivity contribution in [2.24, 2.45) is 17.6 Å². The van der Waals surface area contributed by atoms with Crippen LogP contribution in [0, 0.1) is 11.8 Å². The first-order valence-electron chi connectivity index (χ1n) is 7.67. The molecular weight excluding hydrogens is 310 g/mol. The normalized spacial score (nSPS) is 13.2. The minimum atomic E-state index is -0.806. The van der Waals surface area contributed by atoms with Crippen LogP contribution in [0.4, 0.5) is 0 Å². The molecule has 7 heteroatoms. The fourth-order valence-corrected chi connectivity index (χ4v) is 2.51. The lowest BCUT2D eigenvalue weighted by atomic mass is 9.86. The second-order valence-corrected chi connectivity index (χ2v) is 5.59. The van der Waals surface area contributed by atoms with Crippen LogP contribution in [0.2, 0.25) is 0 Å². The number of nitrogens with one attached hydrogen (secondary N) is 1. The first-order valence-corrected chi connectivity index (χ1v) is 7.67. The Kier molecular flexibility index (Phi) is 6.51. The summed E-state index contributed by atoms with van der Waals surface area (Å²) in [4.78, 5) is 30.6. The molecule has 1 aromatic carbocycles. The average molecular weight is 331 g/mol. The standard InChI is InChI=1S/C17H21N3O4/c18-16(22)7-15(13(9-21)6-14-8-19-11-20-14)17(23)24-10-12-4-2-1-3-5-12/h1-5,8,11,13,15,21H,6-7,9-10H2,(H2,18,22)(H,19,20)/t13-,15?/m1/s1. The van der Waals surface area contributed by atoms with Gasteiger partial charge in [-0.25, -0.2) is 4.98 Å². The van der Waals surface area contributed by atoms with E-state index < -0.39 is 23.7 Å². The maximum Gasteiger partial charge on any atom is 0.310 e.